The van der Waals surface area contributed by atoms with Crippen molar-refractivity contribution in [3.63, 3.8) is 0 Å². The maximum Gasteiger partial charge on any atom is 0.105 e. The van der Waals surface area contributed by atoms with Crippen LogP contribution in [0.15, 0.2) is 6.20 Å². The summed E-state index contributed by atoms with van der Waals surface area (Å²) in [6.45, 7) is 6.78. The molecule has 19 heavy (non-hydrogen) atoms. The van der Waals surface area contributed by atoms with E-state index in [1.807, 2.05) is 20.2 Å². The molecule has 1 aromatic rings. The molecule has 0 saturated heterocycles. The molecule has 0 atom stereocenters. The van der Waals surface area contributed by atoms with Crippen LogP contribution in [-0.4, -0.2) is 56.7 Å². The lowest BCUT2D eigenvalue weighted by Gasteiger charge is -2.10. The monoisotopic (exact) mass is 271 g/mol. The van der Waals surface area contributed by atoms with Crippen LogP contribution in [0.5, 0.6) is 0 Å². The Morgan fingerprint density at radius 3 is 2.53 bits per heavy atom. The van der Waals surface area contributed by atoms with Gasteiger partial charge in [0.2, 0.25) is 0 Å². The third-order valence-electron chi connectivity index (χ3n) is 2.76. The molecular weight excluding hydrogens is 246 g/mol. The minimum atomic E-state index is 0.607. The Balaban J connectivity index is 2.13. The van der Waals surface area contributed by atoms with Crippen molar-refractivity contribution in [2.75, 3.05) is 47.2 Å². The van der Waals surface area contributed by atoms with E-state index in [0.717, 1.165) is 18.9 Å². The van der Waals surface area contributed by atoms with Gasteiger partial charge >= 0.3 is 0 Å². The maximum absolute atomic E-state index is 5.54. The van der Waals surface area contributed by atoms with Crippen molar-refractivity contribution in [1.82, 2.24) is 14.9 Å². The molecule has 0 aliphatic carbocycles. The Kier molecular flexibility index (Phi) is 8.40. The number of aryl methyl sites for hydroxylation is 1. The predicted molar refractivity (Wildman–Crippen MR) is 73.2 cm³/mol. The fraction of sp³-hybridized carbons (Fsp3) is 0.769. The largest absolute Gasteiger partial charge is 0.382 e. The van der Waals surface area contributed by atoms with Crippen LogP contribution in [0.3, 0.4) is 0 Å². The van der Waals surface area contributed by atoms with Crippen molar-refractivity contribution in [3.05, 3.63) is 17.7 Å². The zero-order valence-corrected chi connectivity index (χ0v) is 12.1. The average molecular weight is 271 g/mol. The van der Waals surface area contributed by atoms with E-state index in [1.54, 1.807) is 7.11 Å². The molecule has 1 aromatic heterocycles. The van der Waals surface area contributed by atoms with Gasteiger partial charge in [0, 0.05) is 26.4 Å². The van der Waals surface area contributed by atoms with Gasteiger partial charge < -0.3 is 24.1 Å². The van der Waals surface area contributed by atoms with Gasteiger partial charge in [-0.2, -0.15) is 0 Å². The summed E-state index contributed by atoms with van der Waals surface area (Å²) in [6, 6.07) is 0. The molecule has 0 aromatic carbocycles. The molecule has 0 spiro atoms. The number of rotatable bonds is 11. The second-order valence-electron chi connectivity index (χ2n) is 4.20. The van der Waals surface area contributed by atoms with Gasteiger partial charge in [-0.1, -0.05) is 0 Å². The third kappa shape index (κ3) is 6.15. The summed E-state index contributed by atoms with van der Waals surface area (Å²) in [5.74, 6) is 1.02. The highest BCUT2D eigenvalue weighted by Crippen LogP contribution is 2.04. The molecule has 1 heterocycles. The number of ether oxygens (including phenoxy) is 3. The van der Waals surface area contributed by atoms with E-state index in [4.69, 9.17) is 14.2 Å². The Morgan fingerprint density at radius 1 is 1.16 bits per heavy atom. The predicted octanol–water partition coefficient (Wildman–Crippen LogP) is 0.591. The first-order chi connectivity index (χ1) is 9.29. The lowest BCUT2D eigenvalue weighted by Crippen LogP contribution is -2.16. The molecule has 0 radical (unpaired) electrons. The molecule has 6 heteroatoms. The molecular formula is C13H25N3O3. The molecule has 0 amide bonds. The van der Waals surface area contributed by atoms with Gasteiger partial charge in [0.25, 0.3) is 0 Å². The summed E-state index contributed by atoms with van der Waals surface area (Å²) in [4.78, 5) is 4.31. The van der Waals surface area contributed by atoms with Gasteiger partial charge in [0.15, 0.2) is 0 Å². The van der Waals surface area contributed by atoms with Crippen molar-refractivity contribution in [2.24, 2.45) is 0 Å². The topological polar surface area (TPSA) is 57.5 Å². The molecule has 1 rings (SSSR count). The Bertz CT molecular complexity index is 342. The lowest BCUT2D eigenvalue weighted by atomic mass is 10.4. The SMILES string of the molecule is CNCc1cnc(C)n1CCOCCOCCOC. The summed E-state index contributed by atoms with van der Waals surface area (Å²) in [5, 5.41) is 3.13. The van der Waals surface area contributed by atoms with E-state index < -0.39 is 0 Å². The lowest BCUT2D eigenvalue weighted by molar-refractivity contribution is 0.0228. The summed E-state index contributed by atoms with van der Waals surface area (Å²) < 4.78 is 17.9. The first-order valence-electron chi connectivity index (χ1n) is 6.59. The summed E-state index contributed by atoms with van der Waals surface area (Å²) >= 11 is 0. The highest BCUT2D eigenvalue weighted by atomic mass is 16.5. The van der Waals surface area contributed by atoms with E-state index in [9.17, 15) is 0 Å². The highest BCUT2D eigenvalue weighted by molar-refractivity contribution is 5.04. The van der Waals surface area contributed by atoms with Crippen molar-refractivity contribution in [3.8, 4) is 0 Å². The third-order valence-corrected chi connectivity index (χ3v) is 2.76. The molecule has 0 aliphatic heterocycles. The van der Waals surface area contributed by atoms with E-state index in [1.165, 1.54) is 5.69 Å². The fourth-order valence-corrected chi connectivity index (χ4v) is 1.76. The molecule has 1 N–H and O–H groups in total. The number of aromatic nitrogens is 2. The summed E-state index contributed by atoms with van der Waals surface area (Å²) in [7, 11) is 3.59. The van der Waals surface area contributed by atoms with Crippen LogP contribution in [0.25, 0.3) is 0 Å². The quantitative estimate of drug-likeness (QED) is 0.597. The number of methoxy groups -OCH3 is 1. The van der Waals surface area contributed by atoms with E-state index in [-0.39, 0.29) is 0 Å². The maximum atomic E-state index is 5.54. The number of hydrogen-bond acceptors (Lipinski definition) is 5. The Morgan fingerprint density at radius 2 is 1.84 bits per heavy atom. The van der Waals surface area contributed by atoms with E-state index >= 15 is 0 Å². The van der Waals surface area contributed by atoms with Gasteiger partial charge in [0.1, 0.15) is 5.82 Å². The highest BCUT2D eigenvalue weighted by Gasteiger charge is 2.05. The van der Waals surface area contributed by atoms with E-state index in [2.05, 4.69) is 14.9 Å². The van der Waals surface area contributed by atoms with Crippen LogP contribution in [0, 0.1) is 6.92 Å². The zero-order valence-electron chi connectivity index (χ0n) is 12.1. The summed E-state index contributed by atoms with van der Waals surface area (Å²) in [5.41, 5.74) is 1.18. The van der Waals surface area contributed by atoms with Gasteiger partial charge in [-0.3, -0.25) is 0 Å². The number of imidazole rings is 1. The first-order valence-corrected chi connectivity index (χ1v) is 6.59. The molecule has 0 aliphatic rings. The van der Waals surface area contributed by atoms with Crippen LogP contribution in [0.4, 0.5) is 0 Å². The van der Waals surface area contributed by atoms with E-state index in [0.29, 0.717) is 33.0 Å². The molecule has 0 bridgehead atoms. The normalized spacial score (nSPS) is 11.1. The van der Waals surface area contributed by atoms with Gasteiger partial charge in [-0.25, -0.2) is 4.98 Å². The molecule has 6 nitrogen and oxygen atoms in total. The fourth-order valence-electron chi connectivity index (χ4n) is 1.76. The van der Waals surface area contributed by atoms with Crippen molar-refractivity contribution in [1.29, 1.82) is 0 Å². The van der Waals surface area contributed by atoms with Crippen molar-refractivity contribution < 1.29 is 14.2 Å². The minimum absolute atomic E-state index is 0.607. The smallest absolute Gasteiger partial charge is 0.105 e. The Labute approximate surface area is 115 Å². The van der Waals surface area contributed by atoms with Gasteiger partial charge in [0.05, 0.1) is 38.7 Å². The number of nitrogens with zero attached hydrogens (tertiary/aromatic N) is 2. The Hall–Kier alpha value is -0.950. The molecule has 0 saturated carbocycles. The molecule has 0 fully saturated rings. The van der Waals surface area contributed by atoms with Crippen molar-refractivity contribution in [2.45, 2.75) is 20.0 Å². The second kappa shape index (κ2) is 9.91. The number of nitrogens with one attached hydrogen (secondary N) is 1. The van der Waals surface area contributed by atoms with Crippen molar-refractivity contribution >= 4 is 0 Å². The van der Waals surface area contributed by atoms with Crippen LogP contribution >= 0.6 is 0 Å². The van der Waals surface area contributed by atoms with Crippen LogP contribution in [0.1, 0.15) is 11.5 Å². The van der Waals surface area contributed by atoms with Crippen LogP contribution in [0.2, 0.25) is 0 Å². The minimum Gasteiger partial charge on any atom is -0.382 e. The summed E-state index contributed by atoms with van der Waals surface area (Å²) in [6.07, 6.45) is 1.90. The zero-order chi connectivity index (χ0) is 13.9. The average Bonchev–Trinajstić information content (AvgIpc) is 2.75. The van der Waals surface area contributed by atoms with Crippen LogP contribution < -0.4 is 5.32 Å². The molecule has 110 valence electrons. The standard InChI is InChI=1S/C13H25N3O3/c1-12-15-11-13(10-14-2)16(12)4-5-18-8-9-19-7-6-17-3/h11,14H,4-10H2,1-3H3. The van der Waals surface area contributed by atoms with Crippen LogP contribution in [-0.2, 0) is 27.3 Å². The van der Waals surface area contributed by atoms with Gasteiger partial charge in [-0.15, -0.1) is 0 Å². The van der Waals surface area contributed by atoms with Gasteiger partial charge in [-0.05, 0) is 14.0 Å². The molecule has 0 unspecified atom stereocenters. The second-order valence-corrected chi connectivity index (χ2v) is 4.20. The number of hydrogen-bond donors (Lipinski definition) is 1. The first kappa shape index (κ1) is 16.1.